The van der Waals surface area contributed by atoms with E-state index in [4.69, 9.17) is 23.8 Å². The van der Waals surface area contributed by atoms with Gasteiger partial charge in [-0.05, 0) is 48.5 Å². The van der Waals surface area contributed by atoms with Crippen molar-refractivity contribution in [2.75, 3.05) is 0 Å². The van der Waals surface area contributed by atoms with Gasteiger partial charge >= 0.3 is 0 Å². The summed E-state index contributed by atoms with van der Waals surface area (Å²) in [4.78, 5) is 15.2. The standard InChI is InChI=1S/C45H26N4O2/c1-2-12-27(13-3-1)43-46-44(48-45(47-43)33-18-11-23-40-41(33)32-16-6-9-22-38(32)50-40)28-24-25-39-34(26-28)31-17-10-21-37(42(31)51-39)49-35-19-7-4-14-29(35)30-15-5-8-20-36(30)49/h1-26H. The maximum atomic E-state index is 6.68. The van der Waals surface area contributed by atoms with Crippen LogP contribution in [-0.2, 0) is 0 Å². The Hall–Kier alpha value is -7.05. The normalized spacial score (nSPS) is 11.9. The van der Waals surface area contributed by atoms with Crippen LogP contribution in [-0.4, -0.2) is 19.5 Å². The van der Waals surface area contributed by atoms with Gasteiger partial charge in [-0.1, -0.05) is 109 Å². The van der Waals surface area contributed by atoms with E-state index in [0.29, 0.717) is 17.5 Å². The highest BCUT2D eigenvalue weighted by Crippen LogP contribution is 2.40. The van der Waals surface area contributed by atoms with Crippen molar-refractivity contribution in [3.05, 3.63) is 158 Å². The van der Waals surface area contributed by atoms with Gasteiger partial charge in [0.1, 0.15) is 16.7 Å². The average Bonchev–Trinajstić information content (AvgIpc) is 3.87. The quantitative estimate of drug-likeness (QED) is 0.189. The minimum absolute atomic E-state index is 0.582. The van der Waals surface area contributed by atoms with E-state index in [0.717, 1.165) is 77.3 Å². The molecule has 11 aromatic rings. The molecule has 7 aromatic carbocycles. The van der Waals surface area contributed by atoms with Crippen LogP contribution in [0.3, 0.4) is 0 Å². The first-order valence-electron chi connectivity index (χ1n) is 16.9. The second-order valence-corrected chi connectivity index (χ2v) is 12.8. The fourth-order valence-corrected chi connectivity index (χ4v) is 7.58. The lowest BCUT2D eigenvalue weighted by Crippen LogP contribution is -2.00. The lowest BCUT2D eigenvalue weighted by atomic mass is 10.0. The van der Waals surface area contributed by atoms with E-state index < -0.39 is 0 Å². The molecule has 238 valence electrons. The highest BCUT2D eigenvalue weighted by Gasteiger charge is 2.20. The van der Waals surface area contributed by atoms with Crippen LogP contribution in [0.5, 0.6) is 0 Å². The van der Waals surface area contributed by atoms with Crippen LogP contribution in [0.4, 0.5) is 0 Å². The molecule has 0 unspecified atom stereocenters. The van der Waals surface area contributed by atoms with Gasteiger partial charge in [0.15, 0.2) is 23.1 Å². The van der Waals surface area contributed by atoms with Crippen molar-refractivity contribution < 1.29 is 8.83 Å². The van der Waals surface area contributed by atoms with Crippen LogP contribution in [0.15, 0.2) is 167 Å². The summed E-state index contributed by atoms with van der Waals surface area (Å²) in [5, 5.41) is 6.45. The van der Waals surface area contributed by atoms with E-state index in [9.17, 15) is 0 Å². The van der Waals surface area contributed by atoms with Crippen molar-refractivity contribution in [3.8, 4) is 39.9 Å². The van der Waals surface area contributed by atoms with E-state index in [1.165, 1.54) is 10.8 Å². The molecule has 0 fully saturated rings. The number of fused-ring (bicyclic) bond motifs is 9. The number of hydrogen-bond donors (Lipinski definition) is 0. The Morgan fingerprint density at radius 3 is 1.80 bits per heavy atom. The minimum atomic E-state index is 0.582. The molecule has 4 aromatic heterocycles. The van der Waals surface area contributed by atoms with Crippen molar-refractivity contribution in [3.63, 3.8) is 0 Å². The molecule has 0 amide bonds. The largest absolute Gasteiger partial charge is 0.456 e. The molecule has 0 saturated carbocycles. The molecule has 51 heavy (non-hydrogen) atoms. The number of para-hydroxylation sites is 4. The summed E-state index contributed by atoms with van der Waals surface area (Å²) < 4.78 is 15.2. The number of hydrogen-bond acceptors (Lipinski definition) is 5. The number of rotatable bonds is 4. The Morgan fingerprint density at radius 2 is 1.00 bits per heavy atom. The molecule has 4 heterocycles. The zero-order valence-corrected chi connectivity index (χ0v) is 27.1. The molecular formula is C45H26N4O2. The van der Waals surface area contributed by atoms with Gasteiger partial charge in [-0.15, -0.1) is 0 Å². The molecule has 0 spiro atoms. The molecular weight excluding hydrogens is 629 g/mol. The predicted molar refractivity (Wildman–Crippen MR) is 205 cm³/mol. The van der Waals surface area contributed by atoms with Crippen molar-refractivity contribution >= 4 is 65.7 Å². The summed E-state index contributed by atoms with van der Waals surface area (Å²) in [5.74, 6) is 1.77. The van der Waals surface area contributed by atoms with Crippen LogP contribution < -0.4 is 0 Å². The summed E-state index contributed by atoms with van der Waals surface area (Å²) in [5.41, 5.74) is 9.20. The summed E-state index contributed by atoms with van der Waals surface area (Å²) in [6, 6.07) is 53.8. The van der Waals surface area contributed by atoms with Gasteiger partial charge in [-0.3, -0.25) is 0 Å². The molecule has 0 aliphatic rings. The van der Waals surface area contributed by atoms with Gasteiger partial charge in [-0.2, -0.15) is 0 Å². The molecule has 0 N–H and O–H groups in total. The molecule has 0 aliphatic carbocycles. The van der Waals surface area contributed by atoms with Crippen LogP contribution >= 0.6 is 0 Å². The van der Waals surface area contributed by atoms with Gasteiger partial charge in [0, 0.05) is 49.0 Å². The SMILES string of the molecule is c1ccc(-c2nc(-c3ccc4oc5c(-n6c7ccccc7c7ccccc76)cccc5c4c3)nc(-c3cccc4oc5ccccc5c34)n2)cc1. The number of nitrogens with zero attached hydrogens (tertiary/aromatic N) is 4. The highest BCUT2D eigenvalue weighted by atomic mass is 16.3. The van der Waals surface area contributed by atoms with Crippen LogP contribution in [0.25, 0.3) is 106 Å². The van der Waals surface area contributed by atoms with E-state index in [-0.39, 0.29) is 0 Å². The van der Waals surface area contributed by atoms with Crippen LogP contribution in [0, 0.1) is 0 Å². The summed E-state index contributed by atoms with van der Waals surface area (Å²) >= 11 is 0. The Kier molecular flexibility index (Phi) is 5.86. The minimum Gasteiger partial charge on any atom is -0.456 e. The molecule has 11 rings (SSSR count). The third kappa shape index (κ3) is 4.20. The molecule has 0 atom stereocenters. The molecule has 6 heteroatoms. The summed E-state index contributed by atoms with van der Waals surface area (Å²) in [6.45, 7) is 0. The van der Waals surface area contributed by atoms with Crippen molar-refractivity contribution in [1.82, 2.24) is 19.5 Å². The van der Waals surface area contributed by atoms with Crippen molar-refractivity contribution in [2.45, 2.75) is 0 Å². The van der Waals surface area contributed by atoms with Gasteiger partial charge < -0.3 is 13.4 Å². The van der Waals surface area contributed by atoms with E-state index >= 15 is 0 Å². The van der Waals surface area contributed by atoms with E-state index in [1.54, 1.807) is 0 Å². The van der Waals surface area contributed by atoms with E-state index in [1.807, 2.05) is 72.8 Å². The highest BCUT2D eigenvalue weighted by molar-refractivity contribution is 6.14. The fourth-order valence-electron chi connectivity index (χ4n) is 7.58. The summed E-state index contributed by atoms with van der Waals surface area (Å²) in [6.07, 6.45) is 0. The average molecular weight is 655 g/mol. The Morgan fingerprint density at radius 1 is 0.392 bits per heavy atom. The monoisotopic (exact) mass is 654 g/mol. The maximum Gasteiger partial charge on any atom is 0.164 e. The lowest BCUT2D eigenvalue weighted by molar-refractivity contribution is 0.666. The molecule has 6 nitrogen and oxygen atoms in total. The Balaban J connectivity index is 1.13. The molecule has 0 aliphatic heterocycles. The molecule has 0 radical (unpaired) electrons. The smallest absolute Gasteiger partial charge is 0.164 e. The van der Waals surface area contributed by atoms with Crippen LogP contribution in [0.2, 0.25) is 0 Å². The lowest BCUT2D eigenvalue weighted by Gasteiger charge is -2.09. The zero-order valence-electron chi connectivity index (χ0n) is 27.1. The van der Waals surface area contributed by atoms with Gasteiger partial charge in [0.25, 0.3) is 0 Å². The maximum absolute atomic E-state index is 6.68. The zero-order chi connectivity index (χ0) is 33.5. The Labute approximate surface area is 290 Å². The topological polar surface area (TPSA) is 69.9 Å². The third-order valence-electron chi connectivity index (χ3n) is 9.87. The van der Waals surface area contributed by atoms with Crippen LogP contribution in [0.1, 0.15) is 0 Å². The number of aromatic nitrogens is 4. The number of furan rings is 2. The second-order valence-electron chi connectivity index (χ2n) is 12.8. The first-order chi connectivity index (χ1) is 25.3. The Bertz CT molecular complexity index is 3100. The van der Waals surface area contributed by atoms with Crippen molar-refractivity contribution in [1.29, 1.82) is 0 Å². The third-order valence-corrected chi connectivity index (χ3v) is 9.87. The van der Waals surface area contributed by atoms with E-state index in [2.05, 4.69) is 89.5 Å². The second kappa shape index (κ2) is 10.7. The first-order valence-corrected chi connectivity index (χ1v) is 16.9. The number of benzene rings is 7. The molecule has 0 saturated heterocycles. The van der Waals surface area contributed by atoms with Crippen molar-refractivity contribution in [2.24, 2.45) is 0 Å². The predicted octanol–water partition coefficient (Wildman–Crippen LogP) is 11.8. The fraction of sp³-hybridized carbons (Fsp3) is 0. The van der Waals surface area contributed by atoms with Gasteiger partial charge in [0.2, 0.25) is 0 Å². The van der Waals surface area contributed by atoms with Gasteiger partial charge in [0.05, 0.1) is 16.7 Å². The van der Waals surface area contributed by atoms with Gasteiger partial charge in [-0.25, -0.2) is 15.0 Å². The summed E-state index contributed by atoms with van der Waals surface area (Å²) in [7, 11) is 0. The first kappa shape index (κ1) is 27.9. The molecule has 0 bridgehead atoms.